The highest BCUT2D eigenvalue weighted by atomic mass is 79.9. The summed E-state index contributed by atoms with van der Waals surface area (Å²) in [6, 6.07) is 55.6. The highest BCUT2D eigenvalue weighted by molar-refractivity contribution is 9.10. The lowest BCUT2D eigenvalue weighted by Gasteiger charge is -2.40. The van der Waals surface area contributed by atoms with Gasteiger partial charge in [0.05, 0.1) is 39.6 Å². The van der Waals surface area contributed by atoms with Crippen molar-refractivity contribution in [2.24, 2.45) is 0 Å². The third-order valence-electron chi connectivity index (χ3n) is 8.03. The van der Waals surface area contributed by atoms with Gasteiger partial charge in [-0.2, -0.15) is 0 Å². The summed E-state index contributed by atoms with van der Waals surface area (Å²) in [6.07, 6.45) is 0. The Hall–Kier alpha value is -5.19. The average Bonchev–Trinajstić information content (AvgIpc) is 3.07. The number of pyridine rings is 1. The van der Waals surface area contributed by atoms with Gasteiger partial charge in [0.15, 0.2) is 0 Å². The Morgan fingerprint density at radius 3 is 1.60 bits per heavy atom. The molecule has 7 aromatic rings. The van der Waals surface area contributed by atoms with E-state index in [1.165, 1.54) is 5.56 Å². The molecule has 0 aliphatic carbocycles. The maximum absolute atomic E-state index is 5.39. The zero-order valence-corrected chi connectivity index (χ0v) is 24.8. The Labute approximate surface area is 259 Å². The van der Waals surface area contributed by atoms with Gasteiger partial charge in [0.25, 0.3) is 0 Å². The van der Waals surface area contributed by atoms with Crippen LogP contribution in [0.25, 0.3) is 33.3 Å². The Bertz CT molecular complexity index is 2040. The molecule has 1 aromatic heterocycles. The van der Waals surface area contributed by atoms with E-state index < -0.39 is 0 Å². The van der Waals surface area contributed by atoms with Gasteiger partial charge in [-0.1, -0.05) is 113 Å². The predicted molar refractivity (Wildman–Crippen MR) is 183 cm³/mol. The van der Waals surface area contributed by atoms with Crippen molar-refractivity contribution in [3.63, 3.8) is 0 Å². The minimum atomic E-state index is 0.941. The molecule has 0 saturated heterocycles. The molecule has 0 saturated carbocycles. The Morgan fingerprint density at radius 1 is 0.442 bits per heavy atom. The number of anilines is 6. The molecule has 1 aliphatic rings. The number of para-hydroxylation sites is 6. The maximum atomic E-state index is 5.39. The van der Waals surface area contributed by atoms with E-state index in [1.54, 1.807) is 0 Å². The summed E-state index contributed by atoms with van der Waals surface area (Å²) < 4.78 is 1.05. The topological polar surface area (TPSA) is 19.4 Å². The van der Waals surface area contributed by atoms with Gasteiger partial charge in [-0.05, 0) is 71.8 Å². The van der Waals surface area contributed by atoms with Crippen LogP contribution >= 0.6 is 15.9 Å². The fraction of sp³-hybridized carbons (Fsp3) is 0. The molecule has 2 heterocycles. The number of halogens is 1. The number of hydrogen-bond acceptors (Lipinski definition) is 3. The molecule has 1 aliphatic heterocycles. The van der Waals surface area contributed by atoms with Crippen molar-refractivity contribution in [1.82, 2.24) is 4.98 Å². The summed E-state index contributed by atoms with van der Waals surface area (Å²) in [4.78, 5) is 10.1. The average molecular weight is 617 g/mol. The Morgan fingerprint density at radius 2 is 0.977 bits per heavy atom. The van der Waals surface area contributed by atoms with Crippen LogP contribution in [0.1, 0.15) is 0 Å². The van der Waals surface area contributed by atoms with Crippen LogP contribution in [0.3, 0.4) is 0 Å². The van der Waals surface area contributed by atoms with Gasteiger partial charge >= 0.3 is 0 Å². The normalized spacial score (nSPS) is 12.2. The van der Waals surface area contributed by atoms with Crippen LogP contribution in [-0.4, -0.2) is 4.98 Å². The number of rotatable bonds is 4. The summed E-state index contributed by atoms with van der Waals surface area (Å²) in [5.41, 5.74) is 11.9. The second-order valence-corrected chi connectivity index (χ2v) is 11.5. The molecule has 0 radical (unpaired) electrons. The lowest BCUT2D eigenvalue weighted by Crippen LogP contribution is -2.24. The quantitative estimate of drug-likeness (QED) is 0.196. The van der Waals surface area contributed by atoms with Crippen LogP contribution in [0.4, 0.5) is 34.1 Å². The third kappa shape index (κ3) is 4.39. The molecule has 6 aromatic carbocycles. The number of nitrogens with zero attached hydrogens (tertiary/aromatic N) is 3. The monoisotopic (exact) mass is 615 g/mol. The maximum Gasteiger partial charge on any atom is 0.0956 e. The van der Waals surface area contributed by atoms with Crippen molar-refractivity contribution < 1.29 is 0 Å². The fourth-order valence-electron chi connectivity index (χ4n) is 6.10. The van der Waals surface area contributed by atoms with Crippen molar-refractivity contribution in [2.45, 2.75) is 0 Å². The van der Waals surface area contributed by atoms with E-state index in [0.29, 0.717) is 0 Å². The lowest BCUT2D eigenvalue weighted by atomic mass is 9.97. The van der Waals surface area contributed by atoms with Crippen LogP contribution in [-0.2, 0) is 0 Å². The summed E-state index contributed by atoms with van der Waals surface area (Å²) >= 11 is 3.59. The highest BCUT2D eigenvalue weighted by Crippen LogP contribution is 2.55. The minimum absolute atomic E-state index is 0.941. The van der Waals surface area contributed by atoms with Crippen LogP contribution in [0.15, 0.2) is 162 Å². The van der Waals surface area contributed by atoms with Gasteiger partial charge < -0.3 is 9.80 Å². The van der Waals surface area contributed by atoms with Gasteiger partial charge in [0, 0.05) is 21.1 Å². The van der Waals surface area contributed by atoms with E-state index in [-0.39, 0.29) is 0 Å². The first-order valence-electron chi connectivity index (χ1n) is 14.3. The van der Waals surface area contributed by atoms with Crippen molar-refractivity contribution in [2.75, 3.05) is 9.80 Å². The minimum Gasteiger partial charge on any atom is -0.306 e. The van der Waals surface area contributed by atoms with Crippen LogP contribution in [0, 0.1) is 0 Å². The summed E-state index contributed by atoms with van der Waals surface area (Å²) in [6.45, 7) is 0. The smallest absolute Gasteiger partial charge is 0.0956 e. The van der Waals surface area contributed by atoms with Crippen LogP contribution < -0.4 is 9.80 Å². The molecule has 4 heteroatoms. The fourth-order valence-corrected chi connectivity index (χ4v) is 6.36. The first-order chi connectivity index (χ1) is 21.3. The van der Waals surface area contributed by atoms with Crippen LogP contribution in [0.5, 0.6) is 0 Å². The van der Waals surface area contributed by atoms with Crippen molar-refractivity contribution in [1.29, 1.82) is 0 Å². The van der Waals surface area contributed by atoms with Gasteiger partial charge in [-0.15, -0.1) is 0 Å². The number of benzene rings is 6. The van der Waals surface area contributed by atoms with E-state index >= 15 is 0 Å². The van der Waals surface area contributed by atoms with Crippen LogP contribution in [0.2, 0.25) is 0 Å². The van der Waals surface area contributed by atoms with E-state index in [0.717, 1.165) is 66.3 Å². The number of fused-ring (bicyclic) bond motifs is 3. The van der Waals surface area contributed by atoms with Crippen molar-refractivity contribution >= 4 is 61.0 Å². The van der Waals surface area contributed by atoms with E-state index in [1.807, 2.05) is 0 Å². The second-order valence-electron chi connectivity index (χ2n) is 10.6. The van der Waals surface area contributed by atoms with Gasteiger partial charge in [0.2, 0.25) is 0 Å². The zero-order valence-electron chi connectivity index (χ0n) is 23.2. The predicted octanol–water partition coefficient (Wildman–Crippen LogP) is 11.6. The Balaban J connectivity index is 1.42. The standard InChI is InChI=1S/C39H26BrN3/c40-29-24-22-28(23-25-29)33-26-32(27-12-3-1-4-13-27)31-16-11-21-38(39(31)41-33)43-36-19-9-7-17-34(36)42(30-14-5-2-6-15-30)35-18-8-10-20-37(35)43/h1-26H. The van der Waals surface area contributed by atoms with E-state index in [2.05, 4.69) is 183 Å². The van der Waals surface area contributed by atoms with Crippen molar-refractivity contribution in [3.8, 4) is 22.4 Å². The molecular formula is C39H26BrN3. The molecule has 0 atom stereocenters. The molecule has 0 unspecified atom stereocenters. The molecule has 204 valence electrons. The molecule has 8 rings (SSSR count). The number of aromatic nitrogens is 1. The molecule has 0 spiro atoms. The van der Waals surface area contributed by atoms with E-state index in [4.69, 9.17) is 4.98 Å². The summed E-state index contributed by atoms with van der Waals surface area (Å²) in [7, 11) is 0. The molecular weight excluding hydrogens is 590 g/mol. The summed E-state index contributed by atoms with van der Waals surface area (Å²) in [5, 5.41) is 1.12. The molecule has 3 nitrogen and oxygen atoms in total. The van der Waals surface area contributed by atoms with Crippen molar-refractivity contribution in [3.05, 3.63) is 162 Å². The largest absolute Gasteiger partial charge is 0.306 e. The lowest BCUT2D eigenvalue weighted by molar-refractivity contribution is 1.17. The molecule has 0 bridgehead atoms. The second kappa shape index (κ2) is 10.6. The summed E-state index contributed by atoms with van der Waals surface area (Å²) in [5.74, 6) is 0. The SMILES string of the molecule is Brc1ccc(-c2cc(-c3ccccc3)c3cccc(N4c5ccccc5N(c5ccccc5)c5ccccc54)c3n2)cc1. The molecule has 43 heavy (non-hydrogen) atoms. The molecule has 0 N–H and O–H groups in total. The molecule has 0 amide bonds. The third-order valence-corrected chi connectivity index (χ3v) is 8.55. The first-order valence-corrected chi connectivity index (χ1v) is 15.1. The number of hydrogen-bond donors (Lipinski definition) is 0. The van der Waals surface area contributed by atoms with Gasteiger partial charge in [-0.3, -0.25) is 0 Å². The van der Waals surface area contributed by atoms with E-state index in [9.17, 15) is 0 Å². The van der Waals surface area contributed by atoms with Gasteiger partial charge in [-0.25, -0.2) is 4.98 Å². The molecule has 0 fully saturated rings. The zero-order chi connectivity index (χ0) is 28.8. The first kappa shape index (κ1) is 25.5. The van der Waals surface area contributed by atoms with Gasteiger partial charge in [0.1, 0.15) is 0 Å². The Kier molecular flexibility index (Phi) is 6.27. The highest BCUT2D eigenvalue weighted by Gasteiger charge is 2.31.